The lowest BCUT2D eigenvalue weighted by Gasteiger charge is -2.17. The average molecular weight is 391 g/mol. The molecule has 1 aliphatic carbocycles. The number of hydrogen-bond donors (Lipinski definition) is 1. The van der Waals surface area contributed by atoms with Crippen LogP contribution in [0.15, 0.2) is 34.1 Å². The molecule has 1 heterocycles. The number of hydrogen-bond acceptors (Lipinski definition) is 4. The molecule has 0 radical (unpaired) electrons. The molecule has 1 N–H and O–H groups in total. The summed E-state index contributed by atoms with van der Waals surface area (Å²) in [5, 5.41) is 2.90. The van der Waals surface area contributed by atoms with Gasteiger partial charge in [0.15, 0.2) is 0 Å². The van der Waals surface area contributed by atoms with E-state index in [1.165, 1.54) is 19.2 Å². The second kappa shape index (κ2) is 7.03. The fourth-order valence-corrected chi connectivity index (χ4v) is 5.01. The maximum absolute atomic E-state index is 13.4. The first-order valence-electron chi connectivity index (χ1n) is 9.09. The molecule has 0 atom stereocenters. The van der Waals surface area contributed by atoms with Crippen molar-refractivity contribution in [2.45, 2.75) is 56.4 Å². The van der Waals surface area contributed by atoms with E-state index in [0.717, 1.165) is 18.5 Å². The Bertz CT molecular complexity index is 968. The van der Waals surface area contributed by atoms with Gasteiger partial charge in [-0.2, -0.15) is 0 Å². The van der Waals surface area contributed by atoms with Gasteiger partial charge in [0.2, 0.25) is 15.7 Å². The van der Waals surface area contributed by atoms with Crippen LogP contribution in [0.2, 0.25) is 0 Å². The Kier molecular flexibility index (Phi) is 5.08. The van der Waals surface area contributed by atoms with E-state index in [9.17, 15) is 13.2 Å². The molecule has 7 heteroatoms. The van der Waals surface area contributed by atoms with Gasteiger partial charge in [0.25, 0.3) is 0 Å². The summed E-state index contributed by atoms with van der Waals surface area (Å²) < 4.78 is 33.9. The highest BCUT2D eigenvalue weighted by molar-refractivity contribution is 7.91. The first kappa shape index (κ1) is 19.5. The lowest BCUT2D eigenvalue weighted by Crippen LogP contribution is -2.19. The lowest BCUT2D eigenvalue weighted by atomic mass is 10.3. The maximum atomic E-state index is 13.4. The van der Waals surface area contributed by atoms with Crippen LogP contribution in [0.3, 0.4) is 0 Å². The third-order valence-electron chi connectivity index (χ3n) is 5.05. The molecule has 1 aromatic heterocycles. The highest BCUT2D eigenvalue weighted by Crippen LogP contribution is 2.39. The number of nitrogens with zero attached hydrogens (tertiary/aromatic N) is 1. The summed E-state index contributed by atoms with van der Waals surface area (Å²) in [6.45, 7) is 7.62. The van der Waals surface area contributed by atoms with Crippen LogP contribution in [0.25, 0.3) is 0 Å². The summed E-state index contributed by atoms with van der Waals surface area (Å²) in [5.41, 5.74) is 1.49. The zero-order valence-electron chi connectivity index (χ0n) is 16.4. The van der Waals surface area contributed by atoms with Crippen molar-refractivity contribution in [2.24, 2.45) is 5.92 Å². The quantitative estimate of drug-likeness (QED) is 0.812. The third kappa shape index (κ3) is 3.48. The minimum atomic E-state index is -3.80. The molecular weight excluding hydrogens is 364 g/mol. The number of carbonyl (C=O) groups excluding carboxylic acids is 1. The molecule has 27 heavy (non-hydrogen) atoms. The van der Waals surface area contributed by atoms with Gasteiger partial charge in [0.1, 0.15) is 16.5 Å². The monoisotopic (exact) mass is 390 g/mol. The van der Waals surface area contributed by atoms with Gasteiger partial charge in [-0.1, -0.05) is 0 Å². The second-order valence-corrected chi connectivity index (χ2v) is 9.18. The molecule has 0 spiro atoms. The molecule has 1 fully saturated rings. The molecule has 3 rings (SSSR count). The predicted octanol–water partition coefficient (Wildman–Crippen LogP) is 3.88. The number of carbonyl (C=O) groups is 1. The Morgan fingerprint density at radius 3 is 2.26 bits per heavy atom. The van der Waals surface area contributed by atoms with Crippen molar-refractivity contribution in [1.29, 1.82) is 0 Å². The summed E-state index contributed by atoms with van der Waals surface area (Å²) in [7, 11) is -2.27. The topological polar surface area (TPSA) is 77.4 Å². The number of anilines is 1. The van der Waals surface area contributed by atoms with E-state index in [1.54, 1.807) is 19.1 Å². The highest BCUT2D eigenvalue weighted by atomic mass is 32.2. The van der Waals surface area contributed by atoms with Crippen molar-refractivity contribution < 1.29 is 17.9 Å². The average Bonchev–Trinajstić information content (AvgIpc) is 3.43. The van der Waals surface area contributed by atoms with Gasteiger partial charge in [-0.05, 0) is 70.4 Å². The number of benzene rings is 1. The Morgan fingerprint density at radius 2 is 1.78 bits per heavy atom. The number of sulfone groups is 1. The molecular formula is C20H26N2O4S. The van der Waals surface area contributed by atoms with Crippen molar-refractivity contribution >= 4 is 21.6 Å². The zero-order chi connectivity index (χ0) is 19.9. The van der Waals surface area contributed by atoms with Crippen LogP contribution in [-0.2, 0) is 14.6 Å². The van der Waals surface area contributed by atoms with Crippen molar-refractivity contribution in [1.82, 2.24) is 4.57 Å². The molecule has 1 saturated carbocycles. The second-order valence-electron chi connectivity index (χ2n) is 7.29. The summed E-state index contributed by atoms with van der Waals surface area (Å²) in [4.78, 5) is 12.8. The zero-order valence-corrected chi connectivity index (χ0v) is 17.2. The molecule has 6 nitrogen and oxygen atoms in total. The molecule has 0 aliphatic heterocycles. The van der Waals surface area contributed by atoms with E-state index in [2.05, 4.69) is 5.32 Å². The standard InChI is InChI=1S/C20H26N2O4S/c1-12(2)22-14(4)13(3)18(19(22)21-20(23)15-6-7-15)27(24,25)17-10-8-16(26-5)9-11-17/h8-12,15H,6-7H2,1-5H3,(H,21,23). The molecule has 0 saturated heterocycles. The van der Waals surface area contributed by atoms with Crippen LogP contribution in [0.4, 0.5) is 5.82 Å². The summed E-state index contributed by atoms with van der Waals surface area (Å²) in [6, 6.07) is 6.32. The summed E-state index contributed by atoms with van der Waals surface area (Å²) >= 11 is 0. The van der Waals surface area contributed by atoms with Crippen LogP contribution in [0.1, 0.15) is 44.0 Å². The van der Waals surface area contributed by atoms with Gasteiger partial charge >= 0.3 is 0 Å². The number of aromatic nitrogens is 1. The largest absolute Gasteiger partial charge is 0.497 e. The maximum Gasteiger partial charge on any atom is 0.228 e. The number of nitrogens with one attached hydrogen (secondary N) is 1. The van der Waals surface area contributed by atoms with Gasteiger partial charge in [-0.3, -0.25) is 4.79 Å². The molecule has 1 aliphatic rings. The van der Waals surface area contributed by atoms with Crippen molar-refractivity contribution in [3.8, 4) is 5.75 Å². The number of amides is 1. The van der Waals surface area contributed by atoms with Gasteiger partial charge < -0.3 is 14.6 Å². The fourth-order valence-electron chi connectivity index (χ4n) is 3.33. The minimum Gasteiger partial charge on any atom is -0.497 e. The third-order valence-corrected chi connectivity index (χ3v) is 6.97. The van der Waals surface area contributed by atoms with Gasteiger partial charge in [0, 0.05) is 17.7 Å². The van der Waals surface area contributed by atoms with Crippen molar-refractivity contribution in [3.05, 3.63) is 35.5 Å². The van der Waals surface area contributed by atoms with Crippen LogP contribution >= 0.6 is 0 Å². The highest BCUT2D eigenvalue weighted by Gasteiger charge is 2.35. The summed E-state index contributed by atoms with van der Waals surface area (Å²) in [5.74, 6) is 0.829. The van der Waals surface area contributed by atoms with Crippen LogP contribution in [0.5, 0.6) is 5.75 Å². The Balaban J connectivity index is 2.17. The number of methoxy groups -OCH3 is 1. The van der Waals surface area contributed by atoms with Crippen molar-refractivity contribution in [2.75, 3.05) is 12.4 Å². The van der Waals surface area contributed by atoms with Gasteiger partial charge in [-0.15, -0.1) is 0 Å². The van der Waals surface area contributed by atoms with Crippen LogP contribution < -0.4 is 10.1 Å². The first-order chi connectivity index (χ1) is 12.7. The fraction of sp³-hybridized carbons (Fsp3) is 0.450. The molecule has 2 aromatic rings. The molecule has 0 unspecified atom stereocenters. The number of rotatable bonds is 6. The lowest BCUT2D eigenvalue weighted by molar-refractivity contribution is -0.117. The summed E-state index contributed by atoms with van der Waals surface area (Å²) in [6.07, 6.45) is 1.71. The van der Waals surface area contributed by atoms with E-state index < -0.39 is 9.84 Å². The Labute approximate surface area is 160 Å². The van der Waals surface area contributed by atoms with Crippen LogP contribution in [0, 0.1) is 19.8 Å². The molecule has 1 amide bonds. The van der Waals surface area contributed by atoms with Gasteiger partial charge in [-0.25, -0.2) is 8.42 Å². The normalized spacial score (nSPS) is 14.4. The predicted molar refractivity (Wildman–Crippen MR) is 104 cm³/mol. The molecule has 0 bridgehead atoms. The SMILES string of the molecule is COc1ccc(S(=O)(=O)c2c(C)c(C)n(C(C)C)c2NC(=O)C2CC2)cc1. The first-order valence-corrected chi connectivity index (χ1v) is 10.6. The van der Waals surface area contributed by atoms with E-state index >= 15 is 0 Å². The van der Waals surface area contributed by atoms with E-state index in [1.807, 2.05) is 25.3 Å². The molecule has 146 valence electrons. The number of ether oxygens (including phenoxy) is 1. The van der Waals surface area contributed by atoms with E-state index in [0.29, 0.717) is 17.1 Å². The van der Waals surface area contributed by atoms with Crippen molar-refractivity contribution in [3.63, 3.8) is 0 Å². The smallest absolute Gasteiger partial charge is 0.228 e. The Morgan fingerprint density at radius 1 is 1.19 bits per heavy atom. The van der Waals surface area contributed by atoms with Gasteiger partial charge in [0.05, 0.1) is 12.0 Å². The van der Waals surface area contributed by atoms with E-state index in [-0.39, 0.29) is 27.7 Å². The molecule has 1 aromatic carbocycles. The van der Waals surface area contributed by atoms with Crippen LogP contribution in [-0.4, -0.2) is 26.0 Å². The van der Waals surface area contributed by atoms with E-state index in [4.69, 9.17) is 4.74 Å². The Hall–Kier alpha value is -2.28. The minimum absolute atomic E-state index is 0.0121.